The Hall–Kier alpha value is -0.570. The van der Waals surface area contributed by atoms with Crippen molar-refractivity contribution in [3.8, 4) is 0 Å². The van der Waals surface area contributed by atoms with Crippen molar-refractivity contribution < 1.29 is 4.79 Å². The third-order valence-electron chi connectivity index (χ3n) is 3.03. The molecule has 0 bridgehead atoms. The Morgan fingerprint density at radius 1 is 1.43 bits per heavy atom. The zero-order chi connectivity index (χ0) is 10.6. The summed E-state index contributed by atoms with van der Waals surface area (Å²) in [5.74, 6) is 0.975. The number of carbonyl (C=O) groups is 1. The molecule has 2 atom stereocenters. The molecule has 0 spiro atoms. The van der Waals surface area contributed by atoms with Gasteiger partial charge in [0, 0.05) is 25.6 Å². The first-order valence-electron chi connectivity index (χ1n) is 5.59. The summed E-state index contributed by atoms with van der Waals surface area (Å²) >= 11 is 0. The first-order valence-corrected chi connectivity index (χ1v) is 5.59. The van der Waals surface area contributed by atoms with E-state index in [0.29, 0.717) is 24.3 Å². The van der Waals surface area contributed by atoms with Crippen LogP contribution in [0.2, 0.25) is 0 Å². The Morgan fingerprint density at radius 2 is 2.14 bits per heavy atom. The molecule has 1 heterocycles. The Balaban J connectivity index is 2.43. The minimum absolute atomic E-state index is 0.304. The summed E-state index contributed by atoms with van der Waals surface area (Å²) in [4.78, 5) is 13.8. The number of nitrogens with zero attached hydrogens (tertiary/aromatic N) is 1. The predicted molar refractivity (Wildman–Crippen MR) is 58.1 cm³/mol. The van der Waals surface area contributed by atoms with Crippen LogP contribution in [0.15, 0.2) is 0 Å². The van der Waals surface area contributed by atoms with Crippen LogP contribution in [0.3, 0.4) is 0 Å². The number of rotatable bonds is 3. The first-order chi connectivity index (χ1) is 6.65. The lowest BCUT2D eigenvalue weighted by atomic mass is 9.95. The SMILES string of the molecule is CNCCC(=O)N1CC(C)CCC1C. The summed E-state index contributed by atoms with van der Waals surface area (Å²) in [6.45, 7) is 6.12. The van der Waals surface area contributed by atoms with Crippen molar-refractivity contribution in [2.45, 2.75) is 39.2 Å². The van der Waals surface area contributed by atoms with Gasteiger partial charge in [0.1, 0.15) is 0 Å². The van der Waals surface area contributed by atoms with E-state index in [9.17, 15) is 4.79 Å². The summed E-state index contributed by atoms with van der Waals surface area (Å²) in [5.41, 5.74) is 0. The smallest absolute Gasteiger partial charge is 0.224 e. The lowest BCUT2D eigenvalue weighted by Crippen LogP contribution is -2.45. The average molecular weight is 198 g/mol. The number of amides is 1. The lowest BCUT2D eigenvalue weighted by molar-refractivity contribution is -0.135. The van der Waals surface area contributed by atoms with Gasteiger partial charge in [-0.3, -0.25) is 4.79 Å². The standard InChI is InChI=1S/C11H22N2O/c1-9-4-5-10(2)13(8-9)11(14)6-7-12-3/h9-10,12H,4-8H2,1-3H3. The molecular formula is C11H22N2O. The number of carbonyl (C=O) groups excluding carboxylic acids is 1. The summed E-state index contributed by atoms with van der Waals surface area (Å²) in [5, 5.41) is 3.02. The molecule has 2 unspecified atom stereocenters. The first kappa shape index (κ1) is 11.5. The van der Waals surface area contributed by atoms with Crippen LogP contribution >= 0.6 is 0 Å². The zero-order valence-corrected chi connectivity index (χ0v) is 9.55. The van der Waals surface area contributed by atoms with Crippen LogP contribution in [-0.2, 0) is 4.79 Å². The van der Waals surface area contributed by atoms with Gasteiger partial charge in [-0.15, -0.1) is 0 Å². The number of hydrogen-bond acceptors (Lipinski definition) is 2. The Labute approximate surface area is 86.9 Å². The highest BCUT2D eigenvalue weighted by molar-refractivity contribution is 5.76. The summed E-state index contributed by atoms with van der Waals surface area (Å²) in [7, 11) is 1.88. The largest absolute Gasteiger partial charge is 0.340 e. The van der Waals surface area contributed by atoms with E-state index >= 15 is 0 Å². The molecule has 1 rings (SSSR count). The molecule has 0 aromatic heterocycles. The van der Waals surface area contributed by atoms with E-state index in [4.69, 9.17) is 0 Å². The van der Waals surface area contributed by atoms with E-state index in [1.165, 1.54) is 6.42 Å². The molecule has 1 fully saturated rings. The zero-order valence-electron chi connectivity index (χ0n) is 9.55. The minimum Gasteiger partial charge on any atom is -0.340 e. The number of likely N-dealkylation sites (tertiary alicyclic amines) is 1. The maximum Gasteiger partial charge on any atom is 0.224 e. The van der Waals surface area contributed by atoms with Crippen LogP contribution < -0.4 is 5.32 Å². The second-order valence-corrected chi connectivity index (χ2v) is 4.43. The molecule has 0 aromatic carbocycles. The van der Waals surface area contributed by atoms with Crippen LogP contribution in [0.1, 0.15) is 33.1 Å². The van der Waals surface area contributed by atoms with Gasteiger partial charge in [0.15, 0.2) is 0 Å². The Kier molecular flexibility index (Phi) is 4.39. The van der Waals surface area contributed by atoms with Gasteiger partial charge in [-0.2, -0.15) is 0 Å². The van der Waals surface area contributed by atoms with E-state index in [0.717, 1.165) is 19.5 Å². The predicted octanol–water partition coefficient (Wildman–Crippen LogP) is 1.24. The number of hydrogen-bond donors (Lipinski definition) is 1. The molecule has 1 amide bonds. The van der Waals surface area contributed by atoms with Gasteiger partial charge in [0.05, 0.1) is 0 Å². The van der Waals surface area contributed by atoms with Crippen LogP contribution in [0, 0.1) is 5.92 Å². The van der Waals surface area contributed by atoms with Crippen LogP contribution in [-0.4, -0.2) is 37.0 Å². The topological polar surface area (TPSA) is 32.3 Å². The van der Waals surface area contributed by atoms with Crippen molar-refractivity contribution in [3.63, 3.8) is 0 Å². The molecular weight excluding hydrogens is 176 g/mol. The van der Waals surface area contributed by atoms with Gasteiger partial charge in [0.2, 0.25) is 5.91 Å². The van der Waals surface area contributed by atoms with E-state index in [1.807, 2.05) is 11.9 Å². The summed E-state index contributed by atoms with van der Waals surface area (Å²) < 4.78 is 0. The third-order valence-corrected chi connectivity index (χ3v) is 3.03. The van der Waals surface area contributed by atoms with E-state index in [-0.39, 0.29) is 0 Å². The molecule has 1 saturated heterocycles. The molecule has 3 heteroatoms. The quantitative estimate of drug-likeness (QED) is 0.740. The van der Waals surface area contributed by atoms with Crippen LogP contribution in [0.25, 0.3) is 0 Å². The molecule has 14 heavy (non-hydrogen) atoms. The monoisotopic (exact) mass is 198 g/mol. The van der Waals surface area contributed by atoms with Gasteiger partial charge in [-0.25, -0.2) is 0 Å². The lowest BCUT2D eigenvalue weighted by Gasteiger charge is -2.37. The van der Waals surface area contributed by atoms with Crippen molar-refractivity contribution in [1.82, 2.24) is 10.2 Å². The fraction of sp³-hybridized carbons (Fsp3) is 0.909. The molecule has 1 aliphatic rings. The van der Waals surface area contributed by atoms with Crippen molar-refractivity contribution in [1.29, 1.82) is 0 Å². The second-order valence-electron chi connectivity index (χ2n) is 4.43. The third kappa shape index (κ3) is 2.98. The van der Waals surface area contributed by atoms with Crippen molar-refractivity contribution in [2.24, 2.45) is 5.92 Å². The van der Waals surface area contributed by atoms with Crippen molar-refractivity contribution in [3.05, 3.63) is 0 Å². The highest BCUT2D eigenvalue weighted by Crippen LogP contribution is 2.21. The molecule has 0 aromatic rings. The normalized spacial score (nSPS) is 27.8. The van der Waals surface area contributed by atoms with Gasteiger partial charge >= 0.3 is 0 Å². The van der Waals surface area contributed by atoms with E-state index < -0.39 is 0 Å². The molecule has 1 N–H and O–H groups in total. The fourth-order valence-corrected chi connectivity index (χ4v) is 2.01. The van der Waals surface area contributed by atoms with Crippen molar-refractivity contribution in [2.75, 3.05) is 20.1 Å². The Bertz CT molecular complexity index is 194. The molecule has 3 nitrogen and oxygen atoms in total. The number of piperidine rings is 1. The molecule has 0 saturated carbocycles. The summed E-state index contributed by atoms with van der Waals surface area (Å²) in [6, 6.07) is 0.440. The molecule has 0 aliphatic carbocycles. The van der Waals surface area contributed by atoms with Gasteiger partial charge in [-0.05, 0) is 32.7 Å². The molecule has 1 aliphatic heterocycles. The highest BCUT2D eigenvalue weighted by Gasteiger charge is 2.25. The average Bonchev–Trinajstić information content (AvgIpc) is 2.18. The Morgan fingerprint density at radius 3 is 2.79 bits per heavy atom. The van der Waals surface area contributed by atoms with Crippen molar-refractivity contribution >= 4 is 5.91 Å². The van der Waals surface area contributed by atoms with E-state index in [1.54, 1.807) is 0 Å². The van der Waals surface area contributed by atoms with Crippen LogP contribution in [0.5, 0.6) is 0 Å². The van der Waals surface area contributed by atoms with Crippen LogP contribution in [0.4, 0.5) is 0 Å². The van der Waals surface area contributed by atoms with E-state index in [2.05, 4.69) is 19.2 Å². The second kappa shape index (κ2) is 5.35. The maximum absolute atomic E-state index is 11.8. The highest BCUT2D eigenvalue weighted by atomic mass is 16.2. The molecule has 82 valence electrons. The maximum atomic E-state index is 11.8. The fourth-order valence-electron chi connectivity index (χ4n) is 2.01. The van der Waals surface area contributed by atoms with Gasteiger partial charge in [-0.1, -0.05) is 6.92 Å². The minimum atomic E-state index is 0.304. The molecule has 0 radical (unpaired) electrons. The summed E-state index contributed by atoms with van der Waals surface area (Å²) in [6.07, 6.45) is 3.05. The van der Waals surface area contributed by atoms with Gasteiger partial charge < -0.3 is 10.2 Å². The number of nitrogens with one attached hydrogen (secondary N) is 1. The van der Waals surface area contributed by atoms with Gasteiger partial charge in [0.25, 0.3) is 0 Å².